The van der Waals surface area contributed by atoms with Gasteiger partial charge in [0.25, 0.3) is 5.91 Å². The molecule has 5 heteroatoms. The molecule has 0 aliphatic carbocycles. The van der Waals surface area contributed by atoms with Crippen molar-refractivity contribution in [2.75, 3.05) is 17.2 Å². The molecule has 0 saturated carbocycles. The molecule has 0 fully saturated rings. The van der Waals surface area contributed by atoms with Crippen LogP contribution in [-0.2, 0) is 6.42 Å². The average Bonchev–Trinajstić information content (AvgIpc) is 2.57. The Hall–Kier alpha value is -2.43. The van der Waals surface area contributed by atoms with E-state index in [-0.39, 0.29) is 5.91 Å². The van der Waals surface area contributed by atoms with Gasteiger partial charge in [0, 0.05) is 18.4 Å². The molecule has 0 bridgehead atoms. The Morgan fingerprint density at radius 2 is 2.04 bits per heavy atom. The van der Waals surface area contributed by atoms with E-state index in [1.54, 1.807) is 12.3 Å². The van der Waals surface area contributed by atoms with Crippen LogP contribution in [0.1, 0.15) is 48.3 Å². The maximum atomic E-state index is 12.5. The second-order valence-corrected chi connectivity index (χ2v) is 5.46. The first-order chi connectivity index (χ1) is 11.2. The van der Waals surface area contributed by atoms with E-state index in [0.29, 0.717) is 11.6 Å². The molecule has 0 radical (unpaired) electrons. The number of carbonyl (C=O) groups excluding carboxylic acids is 1. The Morgan fingerprint density at radius 3 is 2.78 bits per heavy atom. The number of unbranched alkanes of at least 4 members (excludes halogenated alkanes) is 1. The van der Waals surface area contributed by atoms with Crippen LogP contribution in [-0.4, -0.2) is 22.4 Å². The Morgan fingerprint density at radius 1 is 1.22 bits per heavy atom. The quantitative estimate of drug-likeness (QED) is 0.763. The summed E-state index contributed by atoms with van der Waals surface area (Å²) < 4.78 is 0. The molecule has 0 atom stereocenters. The third-order valence-corrected chi connectivity index (χ3v) is 3.68. The lowest BCUT2D eigenvalue weighted by atomic mass is 10.1. The average molecular weight is 312 g/mol. The van der Waals surface area contributed by atoms with Gasteiger partial charge in [-0.15, -0.1) is 0 Å². The largest absolute Gasteiger partial charge is 0.354 e. The molecule has 1 amide bonds. The summed E-state index contributed by atoms with van der Waals surface area (Å²) in [6.07, 6.45) is 4.61. The molecule has 2 rings (SSSR count). The van der Waals surface area contributed by atoms with Gasteiger partial charge < -0.3 is 10.6 Å². The first-order valence-corrected chi connectivity index (χ1v) is 8.12. The lowest BCUT2D eigenvalue weighted by molar-refractivity contribution is 0.102. The van der Waals surface area contributed by atoms with Crippen LogP contribution in [0.25, 0.3) is 0 Å². The predicted molar refractivity (Wildman–Crippen MR) is 93.9 cm³/mol. The van der Waals surface area contributed by atoms with E-state index >= 15 is 0 Å². The summed E-state index contributed by atoms with van der Waals surface area (Å²) in [6.45, 7) is 7.00. The van der Waals surface area contributed by atoms with E-state index in [1.165, 1.54) is 0 Å². The van der Waals surface area contributed by atoms with Crippen molar-refractivity contribution in [3.05, 3.63) is 47.3 Å². The molecule has 0 spiro atoms. The van der Waals surface area contributed by atoms with Gasteiger partial charge in [-0.2, -0.15) is 0 Å². The van der Waals surface area contributed by atoms with E-state index in [9.17, 15) is 4.79 Å². The van der Waals surface area contributed by atoms with Crippen LogP contribution in [0.2, 0.25) is 0 Å². The van der Waals surface area contributed by atoms with Gasteiger partial charge in [0.05, 0.1) is 0 Å². The number of carbonyl (C=O) groups is 1. The summed E-state index contributed by atoms with van der Waals surface area (Å²) in [7, 11) is 0. The summed E-state index contributed by atoms with van der Waals surface area (Å²) in [5, 5.41) is 6.12. The highest BCUT2D eigenvalue weighted by Crippen LogP contribution is 2.21. The molecule has 0 aliphatic heterocycles. The minimum Gasteiger partial charge on any atom is -0.354 e. The summed E-state index contributed by atoms with van der Waals surface area (Å²) in [5.41, 5.74) is 3.41. The van der Waals surface area contributed by atoms with Crippen LogP contribution in [0.5, 0.6) is 0 Å². The Balaban J connectivity index is 2.14. The summed E-state index contributed by atoms with van der Waals surface area (Å²) in [6, 6.07) is 7.65. The second kappa shape index (κ2) is 8.27. The van der Waals surface area contributed by atoms with Gasteiger partial charge in [0.2, 0.25) is 5.95 Å². The number of rotatable bonds is 7. The number of hydrogen-bond acceptors (Lipinski definition) is 4. The molecular weight excluding hydrogens is 288 g/mol. The zero-order chi connectivity index (χ0) is 16.7. The monoisotopic (exact) mass is 312 g/mol. The van der Waals surface area contributed by atoms with Crippen LogP contribution in [0.3, 0.4) is 0 Å². The highest BCUT2D eigenvalue weighted by Gasteiger charge is 2.12. The first kappa shape index (κ1) is 16.9. The van der Waals surface area contributed by atoms with Gasteiger partial charge in [-0.1, -0.05) is 38.5 Å². The van der Waals surface area contributed by atoms with Gasteiger partial charge in [-0.25, -0.2) is 9.97 Å². The number of aryl methyl sites for hydroxylation is 2. The number of para-hydroxylation sites is 1. The highest BCUT2D eigenvalue weighted by atomic mass is 16.1. The normalized spacial score (nSPS) is 10.4. The van der Waals surface area contributed by atoms with Gasteiger partial charge in [0.1, 0.15) is 5.69 Å². The fourth-order valence-corrected chi connectivity index (χ4v) is 2.33. The molecule has 0 unspecified atom stereocenters. The van der Waals surface area contributed by atoms with Crippen molar-refractivity contribution in [3.8, 4) is 0 Å². The fourth-order valence-electron chi connectivity index (χ4n) is 2.33. The Bertz CT molecular complexity index is 670. The number of anilines is 2. The number of hydrogen-bond donors (Lipinski definition) is 2. The third-order valence-electron chi connectivity index (χ3n) is 3.68. The van der Waals surface area contributed by atoms with Crippen molar-refractivity contribution in [2.45, 2.75) is 40.0 Å². The molecule has 0 aliphatic rings. The van der Waals surface area contributed by atoms with Crippen LogP contribution >= 0.6 is 0 Å². The predicted octanol–water partition coefficient (Wildman–Crippen LogP) is 3.81. The third kappa shape index (κ3) is 4.52. The number of aromatic nitrogens is 2. The Kier molecular flexibility index (Phi) is 6.09. The number of amides is 1. The standard InChI is InChI=1S/C18H24N4O/c1-4-6-11-19-18-20-12-10-15(21-18)17(23)22-16-13(3)8-7-9-14(16)5-2/h7-10,12H,4-6,11H2,1-3H3,(H,22,23)(H,19,20,21). The molecule has 1 aromatic heterocycles. The van der Waals surface area contributed by atoms with E-state index < -0.39 is 0 Å². The highest BCUT2D eigenvalue weighted by molar-refractivity contribution is 6.03. The maximum absolute atomic E-state index is 12.5. The van der Waals surface area contributed by atoms with Crippen molar-refractivity contribution in [2.24, 2.45) is 0 Å². The van der Waals surface area contributed by atoms with E-state index in [2.05, 4.69) is 34.4 Å². The van der Waals surface area contributed by atoms with E-state index in [0.717, 1.165) is 42.6 Å². The van der Waals surface area contributed by atoms with Crippen LogP contribution in [0.4, 0.5) is 11.6 Å². The summed E-state index contributed by atoms with van der Waals surface area (Å²) in [5.74, 6) is 0.279. The van der Waals surface area contributed by atoms with Gasteiger partial charge in [-0.3, -0.25) is 4.79 Å². The molecule has 23 heavy (non-hydrogen) atoms. The van der Waals surface area contributed by atoms with Crippen molar-refractivity contribution in [1.82, 2.24) is 9.97 Å². The van der Waals surface area contributed by atoms with Crippen LogP contribution in [0.15, 0.2) is 30.5 Å². The molecule has 1 aromatic carbocycles. The molecule has 2 aromatic rings. The van der Waals surface area contributed by atoms with Crippen LogP contribution in [0, 0.1) is 6.92 Å². The molecule has 2 N–H and O–H groups in total. The van der Waals surface area contributed by atoms with Crippen LogP contribution < -0.4 is 10.6 Å². The lowest BCUT2D eigenvalue weighted by Gasteiger charge is -2.13. The zero-order valence-electron chi connectivity index (χ0n) is 14.0. The molecular formula is C18H24N4O. The second-order valence-electron chi connectivity index (χ2n) is 5.46. The first-order valence-electron chi connectivity index (χ1n) is 8.12. The fraction of sp³-hybridized carbons (Fsp3) is 0.389. The van der Waals surface area contributed by atoms with Crippen molar-refractivity contribution in [3.63, 3.8) is 0 Å². The number of benzene rings is 1. The lowest BCUT2D eigenvalue weighted by Crippen LogP contribution is -2.17. The van der Waals surface area contributed by atoms with E-state index in [1.807, 2.05) is 25.1 Å². The number of nitrogens with one attached hydrogen (secondary N) is 2. The molecule has 5 nitrogen and oxygen atoms in total. The van der Waals surface area contributed by atoms with Crippen molar-refractivity contribution >= 4 is 17.5 Å². The molecule has 1 heterocycles. The van der Waals surface area contributed by atoms with E-state index in [4.69, 9.17) is 0 Å². The minimum atomic E-state index is -0.213. The smallest absolute Gasteiger partial charge is 0.274 e. The van der Waals surface area contributed by atoms with Gasteiger partial charge >= 0.3 is 0 Å². The molecule has 0 saturated heterocycles. The number of nitrogens with zero attached hydrogens (tertiary/aromatic N) is 2. The van der Waals surface area contributed by atoms with Crippen molar-refractivity contribution < 1.29 is 4.79 Å². The van der Waals surface area contributed by atoms with Gasteiger partial charge in [-0.05, 0) is 37.0 Å². The molecule has 122 valence electrons. The maximum Gasteiger partial charge on any atom is 0.274 e. The zero-order valence-corrected chi connectivity index (χ0v) is 14.0. The Labute approximate surface area is 137 Å². The van der Waals surface area contributed by atoms with Gasteiger partial charge in [0.15, 0.2) is 0 Å². The minimum absolute atomic E-state index is 0.213. The topological polar surface area (TPSA) is 66.9 Å². The SMILES string of the molecule is CCCCNc1nccc(C(=O)Nc2c(C)cccc2CC)n1. The summed E-state index contributed by atoms with van der Waals surface area (Å²) in [4.78, 5) is 20.9. The van der Waals surface area contributed by atoms with Crippen molar-refractivity contribution in [1.29, 1.82) is 0 Å². The summed E-state index contributed by atoms with van der Waals surface area (Å²) >= 11 is 0.